The molecule has 0 aliphatic carbocycles. The lowest BCUT2D eigenvalue weighted by molar-refractivity contribution is 0.0949. The van der Waals surface area contributed by atoms with Crippen LogP contribution in [0.25, 0.3) is 0 Å². The maximum atomic E-state index is 13.6. The molecule has 2 aromatic heterocycles. The van der Waals surface area contributed by atoms with Crippen molar-refractivity contribution in [2.24, 2.45) is 19.2 Å². The molecule has 1 amide bonds. The Morgan fingerprint density at radius 3 is 2.48 bits per heavy atom. The van der Waals surface area contributed by atoms with Crippen LogP contribution in [0.4, 0.5) is 4.39 Å². The first-order chi connectivity index (χ1) is 9.82. The van der Waals surface area contributed by atoms with E-state index in [1.807, 2.05) is 0 Å². The number of hydrazone groups is 1. The fourth-order valence-electron chi connectivity index (χ4n) is 1.73. The molecule has 0 atom stereocenters. The van der Waals surface area contributed by atoms with E-state index in [1.54, 1.807) is 20.9 Å². The van der Waals surface area contributed by atoms with Crippen LogP contribution in [0.2, 0.25) is 5.02 Å². The largest absolute Gasteiger partial charge is 0.293 e. The fraction of sp³-hybridized carbons (Fsp3) is 0.333. The summed E-state index contributed by atoms with van der Waals surface area (Å²) >= 11 is 5.99. The SMILES string of the molecule is Cc1nn(C)c(F)c1/C=N\NC(=O)c1nn(C)c(C)c1Cl. The van der Waals surface area contributed by atoms with Gasteiger partial charge in [0.15, 0.2) is 5.69 Å². The van der Waals surface area contributed by atoms with Crippen LogP contribution in [0.3, 0.4) is 0 Å². The van der Waals surface area contributed by atoms with Gasteiger partial charge in [-0.2, -0.15) is 19.7 Å². The Bertz CT molecular complexity index is 733. The molecule has 2 heterocycles. The zero-order valence-electron chi connectivity index (χ0n) is 12.0. The summed E-state index contributed by atoms with van der Waals surface area (Å²) < 4.78 is 16.2. The van der Waals surface area contributed by atoms with Gasteiger partial charge in [0.25, 0.3) is 5.91 Å². The van der Waals surface area contributed by atoms with Gasteiger partial charge in [-0.3, -0.25) is 9.48 Å². The van der Waals surface area contributed by atoms with E-state index < -0.39 is 11.9 Å². The second kappa shape index (κ2) is 5.65. The van der Waals surface area contributed by atoms with E-state index in [9.17, 15) is 9.18 Å². The Hall–Kier alpha value is -2.22. The molecule has 0 bridgehead atoms. The van der Waals surface area contributed by atoms with Crippen LogP contribution in [0.5, 0.6) is 0 Å². The van der Waals surface area contributed by atoms with Gasteiger partial charge in [-0.25, -0.2) is 10.1 Å². The lowest BCUT2D eigenvalue weighted by atomic mass is 10.3. The summed E-state index contributed by atoms with van der Waals surface area (Å²) in [6, 6.07) is 0. The number of halogens is 2. The molecule has 7 nitrogen and oxygen atoms in total. The van der Waals surface area contributed by atoms with Crippen LogP contribution < -0.4 is 5.43 Å². The van der Waals surface area contributed by atoms with E-state index in [-0.39, 0.29) is 16.3 Å². The lowest BCUT2D eigenvalue weighted by Gasteiger charge is -1.96. The van der Waals surface area contributed by atoms with Gasteiger partial charge < -0.3 is 0 Å². The van der Waals surface area contributed by atoms with E-state index in [1.165, 1.54) is 17.9 Å². The van der Waals surface area contributed by atoms with Gasteiger partial charge >= 0.3 is 0 Å². The van der Waals surface area contributed by atoms with Gasteiger partial charge in [-0.15, -0.1) is 0 Å². The second-order valence-electron chi connectivity index (χ2n) is 4.48. The van der Waals surface area contributed by atoms with Gasteiger partial charge in [0.1, 0.15) is 0 Å². The predicted octanol–water partition coefficient (Wildman–Crippen LogP) is 1.33. The summed E-state index contributed by atoms with van der Waals surface area (Å²) in [6.45, 7) is 3.38. The quantitative estimate of drug-likeness (QED) is 0.686. The first kappa shape index (κ1) is 15.2. The second-order valence-corrected chi connectivity index (χ2v) is 4.86. The van der Waals surface area contributed by atoms with Crippen LogP contribution in [-0.4, -0.2) is 31.7 Å². The third-order valence-electron chi connectivity index (χ3n) is 3.03. The molecule has 0 radical (unpaired) electrons. The van der Waals surface area contributed by atoms with Crippen molar-refractivity contribution in [2.45, 2.75) is 13.8 Å². The highest BCUT2D eigenvalue weighted by Crippen LogP contribution is 2.18. The smallest absolute Gasteiger partial charge is 0.271 e. The van der Waals surface area contributed by atoms with Crippen LogP contribution in [0.1, 0.15) is 27.4 Å². The minimum atomic E-state index is -0.568. The van der Waals surface area contributed by atoms with Crippen LogP contribution in [0, 0.1) is 19.8 Å². The molecule has 1 N–H and O–H groups in total. The molecule has 0 unspecified atom stereocenters. The molecule has 0 saturated heterocycles. The van der Waals surface area contributed by atoms with Crippen molar-refractivity contribution in [1.82, 2.24) is 25.0 Å². The highest BCUT2D eigenvalue weighted by atomic mass is 35.5. The molecule has 112 valence electrons. The number of hydrogen-bond acceptors (Lipinski definition) is 4. The highest BCUT2D eigenvalue weighted by Gasteiger charge is 2.17. The number of nitrogens with one attached hydrogen (secondary N) is 1. The van der Waals surface area contributed by atoms with Crippen molar-refractivity contribution in [2.75, 3.05) is 0 Å². The molecule has 0 saturated carbocycles. The number of nitrogens with zero attached hydrogens (tertiary/aromatic N) is 5. The minimum absolute atomic E-state index is 0.0668. The number of aryl methyl sites for hydroxylation is 3. The Morgan fingerprint density at radius 1 is 1.33 bits per heavy atom. The van der Waals surface area contributed by atoms with Crippen LogP contribution in [0.15, 0.2) is 5.10 Å². The normalized spacial score (nSPS) is 11.3. The van der Waals surface area contributed by atoms with E-state index in [0.29, 0.717) is 11.4 Å². The van der Waals surface area contributed by atoms with Crippen LogP contribution >= 0.6 is 11.6 Å². The topological polar surface area (TPSA) is 77.1 Å². The zero-order chi connectivity index (χ0) is 15.7. The monoisotopic (exact) mass is 312 g/mol. The van der Waals surface area contributed by atoms with E-state index in [2.05, 4.69) is 20.7 Å². The number of carbonyl (C=O) groups excluding carboxylic acids is 1. The van der Waals surface area contributed by atoms with Crippen molar-refractivity contribution in [3.05, 3.63) is 33.6 Å². The van der Waals surface area contributed by atoms with Gasteiger partial charge in [0.05, 0.1) is 28.2 Å². The summed E-state index contributed by atoms with van der Waals surface area (Å²) in [4.78, 5) is 11.9. The zero-order valence-corrected chi connectivity index (χ0v) is 12.7. The molecular formula is C12H14ClFN6O. The molecule has 0 aliphatic rings. The van der Waals surface area contributed by atoms with Crippen molar-refractivity contribution >= 4 is 23.7 Å². The summed E-state index contributed by atoms with van der Waals surface area (Å²) in [6.07, 6.45) is 1.19. The molecule has 21 heavy (non-hydrogen) atoms. The molecule has 0 aromatic carbocycles. The Balaban J connectivity index is 2.14. The van der Waals surface area contributed by atoms with Gasteiger partial charge in [-0.1, -0.05) is 11.6 Å². The predicted molar refractivity (Wildman–Crippen MR) is 75.9 cm³/mol. The van der Waals surface area contributed by atoms with E-state index >= 15 is 0 Å². The molecule has 9 heteroatoms. The van der Waals surface area contributed by atoms with Crippen molar-refractivity contribution < 1.29 is 9.18 Å². The molecule has 0 fully saturated rings. The van der Waals surface area contributed by atoms with Gasteiger partial charge in [-0.05, 0) is 13.8 Å². The molecule has 2 rings (SSSR count). The average Bonchev–Trinajstić information content (AvgIpc) is 2.83. The number of rotatable bonds is 3. The average molecular weight is 313 g/mol. The lowest BCUT2D eigenvalue weighted by Crippen LogP contribution is -2.19. The molecule has 0 spiro atoms. The molecule has 0 aliphatic heterocycles. The van der Waals surface area contributed by atoms with E-state index in [0.717, 1.165) is 4.68 Å². The minimum Gasteiger partial charge on any atom is -0.271 e. The van der Waals surface area contributed by atoms with Crippen molar-refractivity contribution in [1.29, 1.82) is 0 Å². The number of amides is 1. The number of hydrogen-bond donors (Lipinski definition) is 1. The standard InChI is InChI=1S/C12H14ClFN6O/c1-6-8(11(14)20(4)17-6)5-15-16-12(21)10-9(13)7(2)19(3)18-10/h5H,1-4H3,(H,16,21)/b15-5-. The van der Waals surface area contributed by atoms with Crippen molar-refractivity contribution in [3.8, 4) is 0 Å². The fourth-order valence-corrected chi connectivity index (χ4v) is 1.97. The first-order valence-electron chi connectivity index (χ1n) is 6.04. The summed E-state index contributed by atoms with van der Waals surface area (Å²) in [7, 11) is 3.16. The first-order valence-corrected chi connectivity index (χ1v) is 6.42. The molecular weight excluding hydrogens is 299 g/mol. The van der Waals surface area contributed by atoms with E-state index in [4.69, 9.17) is 11.6 Å². The number of carbonyl (C=O) groups is 1. The van der Waals surface area contributed by atoms with Gasteiger partial charge in [0, 0.05) is 14.1 Å². The Kier molecular flexibility index (Phi) is 4.08. The van der Waals surface area contributed by atoms with Gasteiger partial charge in [0.2, 0.25) is 5.95 Å². The Labute approximate surface area is 125 Å². The van der Waals surface area contributed by atoms with Crippen LogP contribution in [-0.2, 0) is 14.1 Å². The maximum Gasteiger partial charge on any atom is 0.293 e. The third-order valence-corrected chi connectivity index (χ3v) is 3.48. The number of aromatic nitrogens is 4. The maximum absolute atomic E-state index is 13.6. The highest BCUT2D eigenvalue weighted by molar-refractivity contribution is 6.34. The summed E-state index contributed by atoms with van der Waals surface area (Å²) in [5.74, 6) is -1.10. The Morgan fingerprint density at radius 2 is 2.00 bits per heavy atom. The summed E-state index contributed by atoms with van der Waals surface area (Å²) in [5.41, 5.74) is 3.67. The third kappa shape index (κ3) is 2.80. The summed E-state index contributed by atoms with van der Waals surface area (Å²) in [5, 5.41) is 11.8. The molecule has 2 aromatic rings. The van der Waals surface area contributed by atoms with Crippen molar-refractivity contribution in [3.63, 3.8) is 0 Å².